The molecule has 1 aromatic carbocycles. The Labute approximate surface area is 93.9 Å². The predicted octanol–water partition coefficient (Wildman–Crippen LogP) is 3.75. The lowest BCUT2D eigenvalue weighted by Gasteiger charge is -1.95. The van der Waals surface area contributed by atoms with Crippen molar-refractivity contribution >= 4 is 51.3 Å². The average Bonchev–Trinajstić information content (AvgIpc) is 2.47. The highest BCUT2D eigenvalue weighted by atomic mass is 35.5. The molecule has 2 aromatic rings. The van der Waals surface area contributed by atoms with Crippen LogP contribution in [0, 0.1) is 10.1 Å². The number of hydrogen-bond acceptors (Lipinski definition) is 4. The van der Waals surface area contributed by atoms with E-state index >= 15 is 0 Å². The number of fused-ring (bicyclic) bond motifs is 1. The highest BCUT2D eigenvalue weighted by molar-refractivity contribution is 7.80. The molecule has 1 aromatic heterocycles. The molecule has 14 heavy (non-hydrogen) atoms. The Bertz CT molecular complexity index is 523. The largest absolute Gasteiger partial charge is 0.289 e. The fourth-order valence-corrected chi connectivity index (χ4v) is 2.99. The number of nitro groups is 1. The molecule has 6 heteroatoms. The quantitative estimate of drug-likeness (QED) is 0.472. The summed E-state index contributed by atoms with van der Waals surface area (Å²) in [6.45, 7) is 0. The topological polar surface area (TPSA) is 43.1 Å². The molecular formula is C8H4ClNO2S2. The molecule has 1 heterocycles. The Kier molecular flexibility index (Phi) is 2.38. The molecule has 0 aliphatic rings. The summed E-state index contributed by atoms with van der Waals surface area (Å²) >= 11 is 11.3. The third-order valence-electron chi connectivity index (χ3n) is 1.79. The maximum absolute atomic E-state index is 10.6. The van der Waals surface area contributed by atoms with Gasteiger partial charge in [-0.15, -0.1) is 24.0 Å². The molecule has 72 valence electrons. The second-order valence-electron chi connectivity index (χ2n) is 2.68. The maximum Gasteiger partial charge on any atom is 0.289 e. The molecule has 0 radical (unpaired) electrons. The molecule has 3 nitrogen and oxygen atoms in total. The summed E-state index contributed by atoms with van der Waals surface area (Å²) in [5, 5.41) is 13.0. The van der Waals surface area contributed by atoms with Crippen molar-refractivity contribution in [3.8, 4) is 0 Å². The lowest BCUT2D eigenvalue weighted by molar-refractivity contribution is -0.382. The second kappa shape index (κ2) is 3.42. The van der Waals surface area contributed by atoms with Crippen LogP contribution in [0.2, 0.25) is 5.02 Å². The minimum absolute atomic E-state index is 0.0586. The zero-order valence-corrected chi connectivity index (χ0v) is 9.20. The first-order valence-electron chi connectivity index (χ1n) is 3.63. The number of halogens is 1. The zero-order valence-electron chi connectivity index (χ0n) is 6.73. The number of hydrogen-bond donors (Lipinski definition) is 1. The second-order valence-corrected chi connectivity index (χ2v) is 4.51. The first kappa shape index (κ1) is 9.76. The average molecular weight is 246 g/mol. The molecule has 0 N–H and O–H groups in total. The highest BCUT2D eigenvalue weighted by Crippen LogP contribution is 2.38. The van der Waals surface area contributed by atoms with Crippen LogP contribution in [-0.4, -0.2) is 4.92 Å². The minimum atomic E-state index is -0.428. The van der Waals surface area contributed by atoms with Crippen molar-refractivity contribution in [3.63, 3.8) is 0 Å². The van der Waals surface area contributed by atoms with Crippen molar-refractivity contribution < 1.29 is 4.92 Å². The van der Waals surface area contributed by atoms with Gasteiger partial charge in [-0.05, 0) is 12.1 Å². The maximum atomic E-state index is 10.6. The van der Waals surface area contributed by atoms with Gasteiger partial charge < -0.3 is 0 Å². The van der Waals surface area contributed by atoms with Crippen LogP contribution in [0.1, 0.15) is 0 Å². The summed E-state index contributed by atoms with van der Waals surface area (Å²) in [6, 6.07) is 3.37. The third-order valence-corrected chi connectivity index (χ3v) is 3.26. The Morgan fingerprint density at radius 1 is 1.50 bits per heavy atom. The van der Waals surface area contributed by atoms with Crippen LogP contribution in [0.5, 0.6) is 0 Å². The van der Waals surface area contributed by atoms with Crippen LogP contribution in [-0.2, 0) is 0 Å². The molecule has 0 aliphatic carbocycles. The van der Waals surface area contributed by atoms with Gasteiger partial charge >= 0.3 is 0 Å². The third kappa shape index (κ3) is 1.47. The van der Waals surface area contributed by atoms with E-state index in [1.807, 2.05) is 0 Å². The SMILES string of the molecule is O=[N+]([O-])c1csc2cc(S)cc(Cl)c12. The van der Waals surface area contributed by atoms with Gasteiger partial charge in [0.25, 0.3) is 5.69 Å². The van der Waals surface area contributed by atoms with E-state index in [1.54, 1.807) is 12.1 Å². The first-order valence-corrected chi connectivity index (χ1v) is 5.34. The molecular weight excluding hydrogens is 242 g/mol. The standard InChI is InChI=1S/C8H4ClNO2S2/c9-5-1-4(13)2-7-8(5)6(3-14-7)10(11)12/h1-3,13H. The number of benzene rings is 1. The van der Waals surface area contributed by atoms with Gasteiger partial charge in [0.05, 0.1) is 20.7 Å². The van der Waals surface area contributed by atoms with Crippen LogP contribution in [0.3, 0.4) is 0 Å². The smallest absolute Gasteiger partial charge is 0.258 e. The lowest BCUT2D eigenvalue weighted by atomic mass is 10.2. The zero-order chi connectivity index (χ0) is 10.3. The van der Waals surface area contributed by atoms with E-state index in [-0.39, 0.29) is 5.69 Å². The van der Waals surface area contributed by atoms with Crippen molar-refractivity contribution in [3.05, 3.63) is 32.6 Å². The van der Waals surface area contributed by atoms with E-state index in [9.17, 15) is 10.1 Å². The number of nitrogens with zero attached hydrogens (tertiary/aromatic N) is 1. The molecule has 0 bridgehead atoms. The summed E-state index contributed by atoms with van der Waals surface area (Å²) in [6.07, 6.45) is 0. The summed E-state index contributed by atoms with van der Waals surface area (Å²) in [5.41, 5.74) is 0.0586. The predicted molar refractivity (Wildman–Crippen MR) is 60.7 cm³/mol. The number of thiophene rings is 1. The Morgan fingerprint density at radius 2 is 2.21 bits per heavy atom. The van der Waals surface area contributed by atoms with E-state index in [1.165, 1.54) is 16.7 Å². The van der Waals surface area contributed by atoms with Gasteiger partial charge in [0.1, 0.15) is 0 Å². The molecule has 0 unspecified atom stereocenters. The van der Waals surface area contributed by atoms with Gasteiger partial charge in [-0.2, -0.15) is 0 Å². The van der Waals surface area contributed by atoms with Crippen LogP contribution < -0.4 is 0 Å². The van der Waals surface area contributed by atoms with Crippen LogP contribution in [0.4, 0.5) is 5.69 Å². The fraction of sp³-hybridized carbons (Fsp3) is 0. The Hall–Kier alpha value is -0.780. The van der Waals surface area contributed by atoms with Crippen LogP contribution >= 0.6 is 35.6 Å². The first-order chi connectivity index (χ1) is 6.59. The molecule has 0 saturated heterocycles. The summed E-state index contributed by atoms with van der Waals surface area (Å²) in [7, 11) is 0. The van der Waals surface area contributed by atoms with E-state index < -0.39 is 4.92 Å². The number of thiol groups is 1. The van der Waals surface area contributed by atoms with Gasteiger partial charge in [0, 0.05) is 9.60 Å². The van der Waals surface area contributed by atoms with Gasteiger partial charge in [-0.3, -0.25) is 10.1 Å². The number of rotatable bonds is 1. The van der Waals surface area contributed by atoms with Crippen LogP contribution in [0.15, 0.2) is 22.4 Å². The van der Waals surface area contributed by atoms with Gasteiger partial charge in [-0.1, -0.05) is 11.6 Å². The van der Waals surface area contributed by atoms with E-state index in [4.69, 9.17) is 11.6 Å². The summed E-state index contributed by atoms with van der Waals surface area (Å²) < 4.78 is 0.786. The van der Waals surface area contributed by atoms with Gasteiger partial charge in [0.15, 0.2) is 0 Å². The van der Waals surface area contributed by atoms with Crippen molar-refractivity contribution in [1.82, 2.24) is 0 Å². The Morgan fingerprint density at radius 3 is 2.86 bits per heavy atom. The van der Waals surface area contributed by atoms with Gasteiger partial charge in [-0.25, -0.2) is 0 Å². The lowest BCUT2D eigenvalue weighted by Crippen LogP contribution is -1.85. The molecule has 0 amide bonds. The highest BCUT2D eigenvalue weighted by Gasteiger charge is 2.17. The van der Waals surface area contributed by atoms with Crippen LogP contribution in [0.25, 0.3) is 10.1 Å². The molecule has 0 atom stereocenters. The van der Waals surface area contributed by atoms with Crippen molar-refractivity contribution in [1.29, 1.82) is 0 Å². The van der Waals surface area contributed by atoms with E-state index in [2.05, 4.69) is 12.6 Å². The van der Waals surface area contributed by atoms with E-state index in [0.29, 0.717) is 15.3 Å². The Balaban J connectivity index is 2.85. The summed E-state index contributed by atoms with van der Waals surface area (Å²) in [5.74, 6) is 0. The fourth-order valence-electron chi connectivity index (χ4n) is 1.22. The minimum Gasteiger partial charge on any atom is -0.258 e. The normalized spacial score (nSPS) is 10.7. The van der Waals surface area contributed by atoms with E-state index in [0.717, 1.165) is 4.70 Å². The monoisotopic (exact) mass is 245 g/mol. The van der Waals surface area contributed by atoms with Crippen molar-refractivity contribution in [2.75, 3.05) is 0 Å². The molecule has 0 fully saturated rings. The van der Waals surface area contributed by atoms with Crippen molar-refractivity contribution in [2.45, 2.75) is 4.90 Å². The van der Waals surface area contributed by atoms with Gasteiger partial charge in [0.2, 0.25) is 0 Å². The molecule has 0 saturated carbocycles. The summed E-state index contributed by atoms with van der Waals surface area (Å²) in [4.78, 5) is 10.9. The molecule has 0 spiro atoms. The molecule has 0 aliphatic heterocycles. The molecule has 2 rings (SSSR count). The van der Waals surface area contributed by atoms with Crippen molar-refractivity contribution in [2.24, 2.45) is 0 Å².